The third-order valence-electron chi connectivity index (χ3n) is 4.24. The lowest BCUT2D eigenvalue weighted by Gasteiger charge is -2.17. The van der Waals surface area contributed by atoms with Crippen molar-refractivity contribution in [3.8, 4) is 28.8 Å². The van der Waals surface area contributed by atoms with Crippen molar-refractivity contribution in [2.75, 3.05) is 19.5 Å². The summed E-state index contributed by atoms with van der Waals surface area (Å²) in [5.74, 6) is 0.347. The van der Waals surface area contributed by atoms with E-state index in [1.807, 2.05) is 6.07 Å². The highest BCUT2D eigenvalue weighted by molar-refractivity contribution is 7.91. The van der Waals surface area contributed by atoms with Gasteiger partial charge in [-0.2, -0.15) is 10.2 Å². The maximum absolute atomic E-state index is 13.4. The van der Waals surface area contributed by atoms with E-state index in [1.165, 1.54) is 19.2 Å². The number of sulfone groups is 1. The van der Waals surface area contributed by atoms with Crippen LogP contribution in [0.15, 0.2) is 64.4 Å². The number of benzene rings is 2. The Bertz CT molecular complexity index is 1170. The van der Waals surface area contributed by atoms with Crippen molar-refractivity contribution in [1.29, 1.82) is 5.26 Å². The van der Waals surface area contributed by atoms with E-state index in [0.29, 0.717) is 11.3 Å². The van der Waals surface area contributed by atoms with Crippen LogP contribution in [0.4, 0.5) is 5.82 Å². The first kappa shape index (κ1) is 20.2. The topological polar surface area (TPSA) is 115 Å². The number of rotatable bonds is 6. The number of methoxy groups -OCH3 is 1. The molecule has 0 aliphatic rings. The number of nitrogens with zero attached hydrogens (tertiary/aromatic N) is 2. The predicted molar refractivity (Wildman–Crippen MR) is 108 cm³/mol. The van der Waals surface area contributed by atoms with E-state index in [1.54, 1.807) is 49.4 Å². The number of nitrogen functional groups attached to an aromatic ring is 1. The summed E-state index contributed by atoms with van der Waals surface area (Å²) in [7, 11) is -2.53. The zero-order chi connectivity index (χ0) is 21.0. The SMILES string of the molecule is CCOc1nc(N)c(S(=O)(=O)c2ccccc2)c(-c2ccc(OC)cc2)c1C#N. The smallest absolute Gasteiger partial charge is 0.234 e. The van der Waals surface area contributed by atoms with E-state index < -0.39 is 9.84 Å². The molecule has 1 heterocycles. The molecule has 0 fully saturated rings. The van der Waals surface area contributed by atoms with Gasteiger partial charge < -0.3 is 15.2 Å². The van der Waals surface area contributed by atoms with Gasteiger partial charge in [-0.25, -0.2) is 8.42 Å². The average molecular weight is 409 g/mol. The molecule has 0 aliphatic carbocycles. The van der Waals surface area contributed by atoms with Crippen molar-refractivity contribution in [2.45, 2.75) is 16.7 Å². The van der Waals surface area contributed by atoms with E-state index in [-0.39, 0.29) is 39.2 Å². The number of nitrogens with two attached hydrogens (primary N) is 1. The summed E-state index contributed by atoms with van der Waals surface area (Å²) in [4.78, 5) is 3.90. The lowest BCUT2D eigenvalue weighted by Crippen LogP contribution is -2.12. The number of hydrogen-bond acceptors (Lipinski definition) is 7. The fourth-order valence-electron chi connectivity index (χ4n) is 2.93. The van der Waals surface area contributed by atoms with Gasteiger partial charge in [0, 0.05) is 5.56 Å². The number of nitriles is 1. The molecule has 0 aliphatic heterocycles. The third-order valence-corrected chi connectivity index (χ3v) is 6.08. The molecule has 0 unspecified atom stereocenters. The molecule has 29 heavy (non-hydrogen) atoms. The van der Waals surface area contributed by atoms with Crippen molar-refractivity contribution in [3.63, 3.8) is 0 Å². The number of ether oxygens (including phenoxy) is 2. The van der Waals surface area contributed by atoms with E-state index >= 15 is 0 Å². The number of anilines is 1. The minimum atomic E-state index is -4.05. The molecular weight excluding hydrogens is 390 g/mol. The van der Waals surface area contributed by atoms with Crippen molar-refractivity contribution in [3.05, 3.63) is 60.2 Å². The van der Waals surface area contributed by atoms with E-state index in [0.717, 1.165) is 0 Å². The Hall–Kier alpha value is -3.57. The Morgan fingerprint density at radius 1 is 1.10 bits per heavy atom. The van der Waals surface area contributed by atoms with Crippen LogP contribution in [0.5, 0.6) is 11.6 Å². The largest absolute Gasteiger partial charge is 0.497 e. The molecule has 0 saturated heterocycles. The van der Waals surface area contributed by atoms with Crippen molar-refractivity contribution in [2.24, 2.45) is 0 Å². The summed E-state index contributed by atoms with van der Waals surface area (Å²) in [5, 5.41) is 9.81. The molecule has 1 aromatic heterocycles. The molecule has 0 spiro atoms. The van der Waals surface area contributed by atoms with Gasteiger partial charge in [-0.1, -0.05) is 30.3 Å². The second-order valence-electron chi connectivity index (χ2n) is 5.97. The van der Waals surface area contributed by atoms with Crippen LogP contribution in [0.25, 0.3) is 11.1 Å². The lowest BCUT2D eigenvalue weighted by atomic mass is 10.0. The van der Waals surface area contributed by atoms with Crippen LogP contribution < -0.4 is 15.2 Å². The van der Waals surface area contributed by atoms with Gasteiger partial charge in [0.1, 0.15) is 28.1 Å². The second-order valence-corrected chi connectivity index (χ2v) is 7.86. The number of hydrogen-bond donors (Lipinski definition) is 1. The summed E-state index contributed by atoms with van der Waals surface area (Å²) in [6.07, 6.45) is 0. The van der Waals surface area contributed by atoms with Gasteiger partial charge >= 0.3 is 0 Å². The quantitative estimate of drug-likeness (QED) is 0.663. The summed E-state index contributed by atoms with van der Waals surface area (Å²) < 4.78 is 37.5. The van der Waals surface area contributed by atoms with Crippen LogP contribution in [0.3, 0.4) is 0 Å². The average Bonchev–Trinajstić information content (AvgIpc) is 2.74. The summed E-state index contributed by atoms with van der Waals surface area (Å²) in [6.45, 7) is 1.98. The maximum atomic E-state index is 13.4. The van der Waals surface area contributed by atoms with Gasteiger partial charge in [0.05, 0.1) is 18.6 Å². The van der Waals surface area contributed by atoms with Crippen molar-refractivity contribution < 1.29 is 17.9 Å². The Morgan fingerprint density at radius 2 is 1.76 bits per heavy atom. The normalized spacial score (nSPS) is 10.9. The van der Waals surface area contributed by atoms with Gasteiger partial charge in [0.25, 0.3) is 0 Å². The zero-order valence-corrected chi connectivity index (χ0v) is 16.7. The van der Waals surface area contributed by atoms with Crippen molar-refractivity contribution in [1.82, 2.24) is 4.98 Å². The van der Waals surface area contributed by atoms with E-state index in [4.69, 9.17) is 15.2 Å². The van der Waals surface area contributed by atoms with Gasteiger partial charge in [-0.15, -0.1) is 0 Å². The highest BCUT2D eigenvalue weighted by atomic mass is 32.2. The first-order valence-electron chi connectivity index (χ1n) is 8.75. The molecular formula is C21H19N3O4S. The Balaban J connectivity index is 2.40. The van der Waals surface area contributed by atoms with Gasteiger partial charge in [0.15, 0.2) is 0 Å². The fourth-order valence-corrected chi connectivity index (χ4v) is 4.49. The van der Waals surface area contributed by atoms with E-state index in [9.17, 15) is 13.7 Å². The molecule has 0 saturated carbocycles. The fraction of sp³-hybridized carbons (Fsp3) is 0.143. The molecule has 2 aromatic carbocycles. The first-order chi connectivity index (χ1) is 13.9. The van der Waals surface area contributed by atoms with Crippen molar-refractivity contribution >= 4 is 15.7 Å². The maximum Gasteiger partial charge on any atom is 0.234 e. The van der Waals surface area contributed by atoms with Gasteiger partial charge in [0.2, 0.25) is 15.7 Å². The highest BCUT2D eigenvalue weighted by Gasteiger charge is 2.30. The number of pyridine rings is 1. The minimum absolute atomic E-state index is 0.000669. The molecule has 2 N–H and O–H groups in total. The third kappa shape index (κ3) is 3.73. The molecule has 0 atom stereocenters. The molecule has 148 valence electrons. The molecule has 0 bridgehead atoms. The predicted octanol–water partition coefficient (Wildman–Crippen LogP) is 3.44. The molecule has 3 rings (SSSR count). The Labute approximate surface area is 169 Å². The first-order valence-corrected chi connectivity index (χ1v) is 10.2. The number of aromatic nitrogens is 1. The lowest BCUT2D eigenvalue weighted by molar-refractivity contribution is 0.326. The standard InChI is InChI=1S/C21H19N3O4S/c1-3-28-21-17(13-22)18(14-9-11-15(27-2)12-10-14)19(20(23)24-21)29(25,26)16-7-5-4-6-8-16/h4-12H,3H2,1-2H3,(H2,23,24). The van der Waals surface area contributed by atoms with Gasteiger partial charge in [-0.3, -0.25) is 0 Å². The molecule has 8 heteroatoms. The summed E-state index contributed by atoms with van der Waals surface area (Å²) in [6, 6.07) is 16.6. The Kier molecular flexibility index (Phi) is 5.71. The van der Waals surface area contributed by atoms with E-state index in [2.05, 4.69) is 4.98 Å². The monoisotopic (exact) mass is 409 g/mol. The molecule has 0 radical (unpaired) electrons. The highest BCUT2D eigenvalue weighted by Crippen LogP contribution is 2.40. The second kappa shape index (κ2) is 8.20. The van der Waals surface area contributed by atoms with Crippen LogP contribution in [-0.4, -0.2) is 27.1 Å². The van der Waals surface area contributed by atoms with Crippen LogP contribution in [0.1, 0.15) is 12.5 Å². The summed E-state index contributed by atoms with van der Waals surface area (Å²) >= 11 is 0. The van der Waals surface area contributed by atoms with Gasteiger partial charge in [-0.05, 0) is 36.8 Å². The minimum Gasteiger partial charge on any atom is -0.497 e. The van der Waals surface area contributed by atoms with Crippen LogP contribution in [-0.2, 0) is 9.84 Å². The molecule has 0 amide bonds. The summed E-state index contributed by atoms with van der Waals surface area (Å²) in [5.41, 5.74) is 6.72. The van der Waals surface area contributed by atoms with Crippen LogP contribution in [0.2, 0.25) is 0 Å². The van der Waals surface area contributed by atoms with Crippen LogP contribution >= 0.6 is 0 Å². The molecule has 7 nitrogen and oxygen atoms in total. The Morgan fingerprint density at radius 3 is 2.31 bits per heavy atom. The molecule has 3 aromatic rings. The zero-order valence-electron chi connectivity index (χ0n) is 15.9. The van der Waals surface area contributed by atoms with Crippen LogP contribution in [0, 0.1) is 11.3 Å².